The Balaban J connectivity index is 1.81. The minimum Gasteiger partial charge on any atom is -0.284 e. The first-order chi connectivity index (χ1) is 13.0. The van der Waals surface area contributed by atoms with E-state index in [1.165, 1.54) is 29.5 Å². The molecule has 1 aliphatic heterocycles. The molecule has 2 aromatic rings. The Hall–Kier alpha value is -2.47. The molecule has 1 aliphatic rings. The quantitative estimate of drug-likeness (QED) is 0.556. The number of carbonyl (C=O) groups excluding carboxylic acids is 1. The third-order valence-electron chi connectivity index (χ3n) is 4.41. The lowest BCUT2D eigenvalue weighted by atomic mass is 10.1. The van der Waals surface area contributed by atoms with Crippen LogP contribution in [0, 0.1) is 19.7 Å². The van der Waals surface area contributed by atoms with E-state index >= 15 is 0 Å². The van der Waals surface area contributed by atoms with Crippen molar-refractivity contribution < 1.29 is 9.18 Å². The average Bonchev–Trinajstić information content (AvgIpc) is 2.94. The SMILES string of the molecule is CCC1SC(=NN=Cc2ccc(C)cc2C)N(Cc2ccc(F)cc2)C1=O. The van der Waals surface area contributed by atoms with Gasteiger partial charge in [0.05, 0.1) is 18.0 Å². The Morgan fingerprint density at radius 2 is 1.93 bits per heavy atom. The summed E-state index contributed by atoms with van der Waals surface area (Å²) in [5, 5.41) is 8.95. The Bertz CT molecular complexity index is 893. The fraction of sp³-hybridized carbons (Fsp3) is 0.286. The van der Waals surface area contributed by atoms with Crippen molar-refractivity contribution in [3.05, 3.63) is 70.5 Å². The molecular weight excluding hydrogens is 361 g/mol. The van der Waals surface area contributed by atoms with Crippen LogP contribution in [0.5, 0.6) is 0 Å². The van der Waals surface area contributed by atoms with Gasteiger partial charge in [0.15, 0.2) is 5.17 Å². The molecule has 3 rings (SSSR count). The van der Waals surface area contributed by atoms with E-state index in [-0.39, 0.29) is 17.0 Å². The highest BCUT2D eigenvalue weighted by atomic mass is 32.2. The van der Waals surface area contributed by atoms with Crippen LogP contribution < -0.4 is 0 Å². The van der Waals surface area contributed by atoms with Crippen molar-refractivity contribution >= 4 is 29.1 Å². The normalized spacial score (nSPS) is 18.8. The van der Waals surface area contributed by atoms with Crippen molar-refractivity contribution in [1.29, 1.82) is 0 Å². The van der Waals surface area contributed by atoms with Crippen molar-refractivity contribution in [2.45, 2.75) is 39.0 Å². The van der Waals surface area contributed by atoms with Crippen LogP contribution in [0.25, 0.3) is 0 Å². The summed E-state index contributed by atoms with van der Waals surface area (Å²) < 4.78 is 13.1. The van der Waals surface area contributed by atoms with Gasteiger partial charge in [-0.05, 0) is 49.1 Å². The van der Waals surface area contributed by atoms with Gasteiger partial charge < -0.3 is 0 Å². The molecule has 1 amide bonds. The summed E-state index contributed by atoms with van der Waals surface area (Å²) in [6.07, 6.45) is 2.44. The van der Waals surface area contributed by atoms with Gasteiger partial charge in [-0.15, -0.1) is 5.10 Å². The molecule has 0 aromatic heterocycles. The maximum absolute atomic E-state index is 13.1. The molecule has 6 heteroatoms. The van der Waals surface area contributed by atoms with Crippen LogP contribution in [0.1, 0.15) is 35.6 Å². The van der Waals surface area contributed by atoms with Crippen LogP contribution in [0.15, 0.2) is 52.7 Å². The van der Waals surface area contributed by atoms with Crippen LogP contribution in [0.2, 0.25) is 0 Å². The molecule has 4 nitrogen and oxygen atoms in total. The molecule has 0 saturated carbocycles. The van der Waals surface area contributed by atoms with Crippen LogP contribution in [-0.2, 0) is 11.3 Å². The zero-order chi connectivity index (χ0) is 19.4. The molecule has 0 spiro atoms. The number of nitrogens with zero attached hydrogens (tertiary/aromatic N) is 3. The number of hydrogen-bond donors (Lipinski definition) is 0. The number of benzene rings is 2. The van der Waals surface area contributed by atoms with Crippen molar-refractivity contribution in [1.82, 2.24) is 4.90 Å². The van der Waals surface area contributed by atoms with Gasteiger partial charge in [0.2, 0.25) is 5.91 Å². The predicted octanol–water partition coefficient (Wildman–Crippen LogP) is 4.69. The Labute approximate surface area is 163 Å². The third kappa shape index (κ3) is 4.63. The van der Waals surface area contributed by atoms with Crippen LogP contribution in [0.3, 0.4) is 0 Å². The second-order valence-electron chi connectivity index (χ2n) is 6.55. The molecule has 0 radical (unpaired) electrons. The summed E-state index contributed by atoms with van der Waals surface area (Å²) in [7, 11) is 0. The molecule has 2 aromatic carbocycles. The van der Waals surface area contributed by atoms with E-state index in [9.17, 15) is 9.18 Å². The molecule has 1 saturated heterocycles. The fourth-order valence-electron chi connectivity index (χ4n) is 2.87. The van der Waals surface area contributed by atoms with Gasteiger partial charge in [0.1, 0.15) is 5.82 Å². The summed E-state index contributed by atoms with van der Waals surface area (Å²) in [4.78, 5) is 14.3. The van der Waals surface area contributed by atoms with Gasteiger partial charge in [-0.2, -0.15) is 5.10 Å². The smallest absolute Gasteiger partial charge is 0.242 e. The molecule has 0 aliphatic carbocycles. The van der Waals surface area contributed by atoms with E-state index < -0.39 is 0 Å². The highest BCUT2D eigenvalue weighted by molar-refractivity contribution is 8.15. The first-order valence-electron chi connectivity index (χ1n) is 8.88. The van der Waals surface area contributed by atoms with Crippen molar-refractivity contribution in [3.8, 4) is 0 Å². The summed E-state index contributed by atoms with van der Waals surface area (Å²) in [5.41, 5.74) is 4.18. The van der Waals surface area contributed by atoms with E-state index in [0.717, 1.165) is 23.1 Å². The Morgan fingerprint density at radius 3 is 2.59 bits per heavy atom. The van der Waals surface area contributed by atoms with Crippen LogP contribution in [0.4, 0.5) is 4.39 Å². The molecule has 140 valence electrons. The minimum atomic E-state index is -0.292. The fourth-order valence-corrected chi connectivity index (χ4v) is 3.90. The maximum Gasteiger partial charge on any atom is 0.242 e. The number of hydrogen-bond acceptors (Lipinski definition) is 4. The Kier molecular flexibility index (Phi) is 6.06. The van der Waals surface area contributed by atoms with Crippen molar-refractivity contribution in [3.63, 3.8) is 0 Å². The zero-order valence-electron chi connectivity index (χ0n) is 15.6. The van der Waals surface area contributed by atoms with Gasteiger partial charge in [-0.3, -0.25) is 9.69 Å². The summed E-state index contributed by atoms with van der Waals surface area (Å²) in [5.74, 6) is -0.272. The lowest BCUT2D eigenvalue weighted by molar-refractivity contribution is -0.126. The zero-order valence-corrected chi connectivity index (χ0v) is 16.5. The number of amides is 1. The van der Waals surface area contributed by atoms with E-state index in [2.05, 4.69) is 16.3 Å². The van der Waals surface area contributed by atoms with Gasteiger partial charge in [-0.1, -0.05) is 54.6 Å². The van der Waals surface area contributed by atoms with Crippen molar-refractivity contribution in [2.75, 3.05) is 0 Å². The number of carbonyl (C=O) groups is 1. The van der Waals surface area contributed by atoms with Crippen molar-refractivity contribution in [2.24, 2.45) is 10.2 Å². The van der Waals surface area contributed by atoms with E-state index in [1.807, 2.05) is 32.9 Å². The lowest BCUT2D eigenvalue weighted by Gasteiger charge is -2.15. The van der Waals surface area contributed by atoms with E-state index in [1.54, 1.807) is 23.2 Å². The monoisotopic (exact) mass is 383 g/mol. The van der Waals surface area contributed by atoms with Crippen LogP contribution in [-0.4, -0.2) is 27.4 Å². The maximum atomic E-state index is 13.1. The minimum absolute atomic E-state index is 0.0206. The second-order valence-corrected chi connectivity index (χ2v) is 7.72. The molecule has 1 unspecified atom stereocenters. The highest BCUT2D eigenvalue weighted by Crippen LogP contribution is 2.30. The number of amidine groups is 1. The molecule has 0 bridgehead atoms. The molecular formula is C21H22FN3OS. The molecule has 0 N–H and O–H groups in total. The first-order valence-corrected chi connectivity index (χ1v) is 9.76. The van der Waals surface area contributed by atoms with E-state index in [4.69, 9.17) is 0 Å². The molecule has 1 atom stereocenters. The number of halogens is 1. The van der Waals surface area contributed by atoms with Gasteiger partial charge in [0.25, 0.3) is 0 Å². The Morgan fingerprint density at radius 1 is 1.19 bits per heavy atom. The largest absolute Gasteiger partial charge is 0.284 e. The predicted molar refractivity (Wildman–Crippen MR) is 110 cm³/mol. The second kappa shape index (κ2) is 8.48. The van der Waals surface area contributed by atoms with E-state index in [0.29, 0.717) is 11.7 Å². The summed E-state index contributed by atoms with van der Waals surface area (Å²) in [6.45, 7) is 6.42. The average molecular weight is 383 g/mol. The summed E-state index contributed by atoms with van der Waals surface area (Å²) >= 11 is 1.43. The van der Waals surface area contributed by atoms with Crippen LogP contribution >= 0.6 is 11.8 Å². The number of thioether (sulfide) groups is 1. The number of aryl methyl sites for hydroxylation is 2. The lowest BCUT2D eigenvalue weighted by Crippen LogP contribution is -2.31. The molecule has 1 fully saturated rings. The van der Waals surface area contributed by atoms with Gasteiger partial charge in [0, 0.05) is 0 Å². The number of rotatable bonds is 5. The summed E-state index contributed by atoms with van der Waals surface area (Å²) in [6, 6.07) is 12.3. The van der Waals surface area contributed by atoms with Gasteiger partial charge >= 0.3 is 0 Å². The highest BCUT2D eigenvalue weighted by Gasteiger charge is 2.36. The first kappa shape index (κ1) is 19.3. The molecule has 1 heterocycles. The standard InChI is InChI=1S/C21H22FN3OS/c1-4-19-20(26)25(13-16-6-9-18(22)10-7-16)21(27-19)24-23-12-17-8-5-14(2)11-15(17)3/h5-12,19H,4,13H2,1-3H3. The topological polar surface area (TPSA) is 45.0 Å². The third-order valence-corrected chi connectivity index (χ3v) is 5.74. The molecule has 27 heavy (non-hydrogen) atoms. The van der Waals surface area contributed by atoms with Gasteiger partial charge in [-0.25, -0.2) is 4.39 Å².